The first-order valence-electron chi connectivity index (χ1n) is 19.7. The smallest absolute Gasteiger partial charge is 0.0824 e. The summed E-state index contributed by atoms with van der Waals surface area (Å²) in [7, 11) is 0. The molecule has 3 heteroatoms. The maximum absolute atomic E-state index is 5.03. The van der Waals surface area contributed by atoms with Gasteiger partial charge in [0.15, 0.2) is 0 Å². The molecule has 8 aromatic carbocycles. The predicted octanol–water partition coefficient (Wildman–Crippen LogP) is 14.4. The Morgan fingerprint density at radius 1 is 0.456 bits per heavy atom. The second-order valence-corrected chi connectivity index (χ2v) is 15.6. The molecule has 57 heavy (non-hydrogen) atoms. The summed E-state index contributed by atoms with van der Waals surface area (Å²) in [6, 6.07) is 70.3. The van der Waals surface area contributed by atoms with Gasteiger partial charge in [-0.05, 0) is 81.9 Å². The van der Waals surface area contributed by atoms with Crippen molar-refractivity contribution in [1.82, 2.24) is 9.55 Å². The Morgan fingerprint density at radius 2 is 1.07 bits per heavy atom. The molecule has 2 heterocycles. The van der Waals surface area contributed by atoms with Crippen molar-refractivity contribution in [2.75, 3.05) is 4.90 Å². The molecule has 0 amide bonds. The molecule has 270 valence electrons. The Kier molecular flexibility index (Phi) is 7.52. The molecule has 1 aliphatic carbocycles. The summed E-state index contributed by atoms with van der Waals surface area (Å²) in [5, 5.41) is 2.33. The summed E-state index contributed by atoms with van der Waals surface area (Å²) in [4.78, 5) is 7.49. The van der Waals surface area contributed by atoms with Gasteiger partial charge in [-0.1, -0.05) is 159 Å². The lowest BCUT2D eigenvalue weighted by atomic mass is 9.82. The molecule has 0 atom stereocenters. The van der Waals surface area contributed by atoms with Crippen molar-refractivity contribution in [3.8, 4) is 50.3 Å². The summed E-state index contributed by atoms with van der Waals surface area (Å²) in [6.45, 7) is 4.70. The molecule has 0 fully saturated rings. The van der Waals surface area contributed by atoms with E-state index in [2.05, 4.69) is 224 Å². The van der Waals surface area contributed by atoms with Crippen LogP contribution in [0.5, 0.6) is 0 Å². The van der Waals surface area contributed by atoms with Gasteiger partial charge in [0.2, 0.25) is 0 Å². The first-order valence-corrected chi connectivity index (χ1v) is 19.7. The molecule has 0 saturated carbocycles. The number of hydrogen-bond donors (Lipinski definition) is 0. The first-order chi connectivity index (χ1) is 28.0. The van der Waals surface area contributed by atoms with Gasteiger partial charge in [-0.3, -0.25) is 0 Å². The SMILES string of the molecule is CC1(C)c2ccccc2-c2c(N(c3ccc(-c4ccc(-n5cc6c7ccccc7nc-6c6ccccc65)cc4)cc3)c3ccccc3-c3ccccc3)cccc21. The Labute approximate surface area is 333 Å². The minimum Gasteiger partial charge on any atom is -0.316 e. The predicted molar refractivity (Wildman–Crippen MR) is 238 cm³/mol. The van der Waals surface area contributed by atoms with Crippen molar-refractivity contribution in [1.29, 1.82) is 0 Å². The summed E-state index contributed by atoms with van der Waals surface area (Å²) in [5.41, 5.74) is 18.9. The number of hydrogen-bond acceptors (Lipinski definition) is 2. The molecule has 0 saturated heterocycles. The molecule has 0 spiro atoms. The molecule has 0 bridgehead atoms. The van der Waals surface area contributed by atoms with Gasteiger partial charge in [0.05, 0.1) is 28.1 Å². The van der Waals surface area contributed by atoms with Crippen LogP contribution < -0.4 is 4.90 Å². The van der Waals surface area contributed by atoms with Crippen molar-refractivity contribution in [2.45, 2.75) is 19.3 Å². The van der Waals surface area contributed by atoms with Crippen LogP contribution in [0.2, 0.25) is 0 Å². The van der Waals surface area contributed by atoms with E-state index in [-0.39, 0.29) is 5.41 Å². The number of para-hydroxylation sites is 3. The fraction of sp³-hybridized carbons (Fsp3) is 0.0556. The minimum atomic E-state index is -0.104. The van der Waals surface area contributed by atoms with Crippen LogP contribution >= 0.6 is 0 Å². The third-order valence-corrected chi connectivity index (χ3v) is 12.0. The zero-order valence-corrected chi connectivity index (χ0v) is 31.9. The topological polar surface area (TPSA) is 21.1 Å². The molecule has 0 N–H and O–H groups in total. The molecule has 0 unspecified atom stereocenters. The van der Waals surface area contributed by atoms with Crippen LogP contribution in [0.15, 0.2) is 200 Å². The van der Waals surface area contributed by atoms with Crippen molar-refractivity contribution < 1.29 is 0 Å². The molecule has 11 rings (SSSR count). The van der Waals surface area contributed by atoms with Crippen molar-refractivity contribution in [2.24, 2.45) is 0 Å². The first kappa shape index (κ1) is 33.1. The Bertz CT molecular complexity index is 3080. The summed E-state index contributed by atoms with van der Waals surface area (Å²) in [5.74, 6) is 0. The zero-order chi connectivity index (χ0) is 38.1. The van der Waals surface area contributed by atoms with E-state index >= 15 is 0 Å². The molecule has 3 aliphatic rings. The zero-order valence-electron chi connectivity index (χ0n) is 31.9. The molecule has 0 radical (unpaired) electrons. The molecular weight excluding hydrogens is 691 g/mol. The highest BCUT2D eigenvalue weighted by Crippen LogP contribution is 2.55. The summed E-state index contributed by atoms with van der Waals surface area (Å²) < 4.78 is 2.30. The fourth-order valence-corrected chi connectivity index (χ4v) is 9.22. The average Bonchev–Trinajstić information content (AvgIpc) is 3.77. The highest BCUT2D eigenvalue weighted by atomic mass is 15.1. The highest BCUT2D eigenvalue weighted by Gasteiger charge is 2.38. The lowest BCUT2D eigenvalue weighted by Gasteiger charge is -2.30. The van der Waals surface area contributed by atoms with Gasteiger partial charge < -0.3 is 9.47 Å². The van der Waals surface area contributed by atoms with E-state index in [1.165, 1.54) is 61.1 Å². The van der Waals surface area contributed by atoms with Gasteiger partial charge in [-0.25, -0.2) is 4.98 Å². The summed E-state index contributed by atoms with van der Waals surface area (Å²) in [6.07, 6.45) is 2.25. The Balaban J connectivity index is 1.02. The van der Waals surface area contributed by atoms with E-state index in [9.17, 15) is 0 Å². The maximum atomic E-state index is 5.03. The van der Waals surface area contributed by atoms with Gasteiger partial charge in [0.1, 0.15) is 0 Å². The number of nitrogens with zero attached hydrogens (tertiary/aromatic N) is 3. The van der Waals surface area contributed by atoms with Crippen molar-refractivity contribution >= 4 is 38.9 Å². The van der Waals surface area contributed by atoms with Gasteiger partial charge in [-0.2, -0.15) is 0 Å². The molecule has 2 aliphatic heterocycles. The number of fused-ring (bicyclic) bond motifs is 8. The number of pyridine rings is 1. The number of rotatable bonds is 6. The van der Waals surface area contributed by atoms with Crippen LogP contribution in [0, 0.1) is 0 Å². The molecule has 8 aromatic rings. The monoisotopic (exact) mass is 729 g/mol. The third kappa shape index (κ3) is 5.23. The lowest BCUT2D eigenvalue weighted by Crippen LogP contribution is -2.16. The number of aromatic nitrogens is 2. The van der Waals surface area contributed by atoms with E-state index in [0.717, 1.165) is 39.2 Å². The van der Waals surface area contributed by atoms with Crippen molar-refractivity contribution in [3.05, 3.63) is 211 Å². The van der Waals surface area contributed by atoms with Crippen LogP contribution in [0.25, 0.3) is 72.1 Å². The largest absolute Gasteiger partial charge is 0.316 e. The highest BCUT2D eigenvalue weighted by molar-refractivity contribution is 6.07. The van der Waals surface area contributed by atoms with Gasteiger partial charge >= 0.3 is 0 Å². The van der Waals surface area contributed by atoms with Crippen LogP contribution in [0.1, 0.15) is 25.0 Å². The second kappa shape index (κ2) is 12.9. The normalized spacial score (nSPS) is 12.9. The van der Waals surface area contributed by atoms with E-state index in [4.69, 9.17) is 4.98 Å². The van der Waals surface area contributed by atoms with Crippen molar-refractivity contribution in [3.63, 3.8) is 0 Å². The van der Waals surface area contributed by atoms with Crippen LogP contribution in [0.4, 0.5) is 17.1 Å². The van der Waals surface area contributed by atoms with Crippen LogP contribution in [-0.4, -0.2) is 9.55 Å². The van der Waals surface area contributed by atoms with Gasteiger partial charge in [0, 0.05) is 50.4 Å². The lowest BCUT2D eigenvalue weighted by molar-refractivity contribution is 0.660. The van der Waals surface area contributed by atoms with Crippen LogP contribution in [-0.2, 0) is 5.41 Å². The minimum absolute atomic E-state index is 0.104. The van der Waals surface area contributed by atoms with Crippen LogP contribution in [0.3, 0.4) is 0 Å². The average molecular weight is 730 g/mol. The molecule has 0 aromatic heterocycles. The fourth-order valence-electron chi connectivity index (χ4n) is 9.22. The van der Waals surface area contributed by atoms with E-state index in [0.29, 0.717) is 0 Å². The summed E-state index contributed by atoms with van der Waals surface area (Å²) >= 11 is 0. The quantitative estimate of drug-likeness (QED) is 0.170. The van der Waals surface area contributed by atoms with Gasteiger partial charge in [0.25, 0.3) is 0 Å². The molecular formula is C54H39N3. The standard InChI is InChI=1S/C54H39N3/c1-54(2)46-21-10-6-19-43(46)52-47(54)22-14-26-51(52)57(50-25-13-8-17-41(50)38-15-4-3-5-16-38)40-33-29-37(30-34-40)36-27-31-39(32-28-36)56-35-45-42-18-7-11-23-48(42)55-53(45)44-20-9-12-24-49(44)56/h3-35H,1-2H3. The Morgan fingerprint density at radius 3 is 1.88 bits per heavy atom. The Hall–Kier alpha value is -7.23. The maximum Gasteiger partial charge on any atom is 0.0824 e. The molecule has 3 nitrogen and oxygen atoms in total. The second-order valence-electron chi connectivity index (χ2n) is 15.6. The number of anilines is 3. The van der Waals surface area contributed by atoms with E-state index in [1.807, 2.05) is 0 Å². The van der Waals surface area contributed by atoms with E-state index < -0.39 is 0 Å². The third-order valence-electron chi connectivity index (χ3n) is 12.0. The number of benzene rings is 8. The van der Waals surface area contributed by atoms with Gasteiger partial charge in [-0.15, -0.1) is 0 Å². The van der Waals surface area contributed by atoms with E-state index in [1.54, 1.807) is 0 Å².